The fourth-order valence-electron chi connectivity index (χ4n) is 1.39. The zero-order valence-corrected chi connectivity index (χ0v) is 11.4. The topological polar surface area (TPSA) is 20.2 Å². The molecule has 0 bridgehead atoms. The Morgan fingerprint density at radius 1 is 1.11 bits per heavy atom. The zero-order valence-electron chi connectivity index (χ0n) is 11.4. The zero-order chi connectivity index (χ0) is 13.5. The lowest BCUT2D eigenvalue weighted by molar-refractivity contribution is 0.281. The molecule has 0 saturated carbocycles. The molecular formula is C17H24O. The maximum atomic E-state index is 9.05. The molecule has 0 aliphatic rings. The lowest BCUT2D eigenvalue weighted by Gasteiger charge is -1.95. The second-order valence-corrected chi connectivity index (χ2v) is 4.13. The Labute approximate surface area is 112 Å². The summed E-state index contributed by atoms with van der Waals surface area (Å²) in [5, 5.41) is 9.05. The van der Waals surface area contributed by atoms with Crippen molar-refractivity contribution in [3.63, 3.8) is 0 Å². The molecule has 0 aromatic heterocycles. The van der Waals surface area contributed by atoms with Gasteiger partial charge in [-0.2, -0.15) is 0 Å². The molecule has 0 heterocycles. The van der Waals surface area contributed by atoms with E-state index in [-0.39, 0.29) is 0 Å². The lowest BCUT2D eigenvalue weighted by Crippen LogP contribution is -1.94. The average Bonchev–Trinajstić information content (AvgIpc) is 2.39. The van der Waals surface area contributed by atoms with Crippen LogP contribution in [-0.4, -0.2) is 11.2 Å². The van der Waals surface area contributed by atoms with Crippen molar-refractivity contribution in [2.24, 2.45) is 0 Å². The number of unbranched alkanes of at least 4 members (excludes halogenated alkanes) is 5. The number of allylic oxidation sites excluding steroid dienone is 2. The maximum absolute atomic E-state index is 9.05. The van der Waals surface area contributed by atoms with Crippen LogP contribution in [0.5, 0.6) is 0 Å². The van der Waals surface area contributed by atoms with E-state index in [1.54, 1.807) is 0 Å². The highest BCUT2D eigenvalue weighted by atomic mass is 16.3. The molecule has 0 amide bonds. The Morgan fingerprint density at radius 2 is 1.89 bits per heavy atom. The fourth-order valence-corrected chi connectivity index (χ4v) is 1.39. The minimum Gasteiger partial charge on any atom is -0.377 e. The Balaban J connectivity index is 3.50. The van der Waals surface area contributed by atoms with E-state index < -0.39 is 6.10 Å². The molecule has 1 nitrogen and oxygen atoms in total. The van der Waals surface area contributed by atoms with E-state index >= 15 is 0 Å². The van der Waals surface area contributed by atoms with Gasteiger partial charge in [-0.3, -0.25) is 0 Å². The van der Waals surface area contributed by atoms with E-state index in [0.29, 0.717) is 0 Å². The molecule has 0 spiro atoms. The van der Waals surface area contributed by atoms with E-state index in [2.05, 4.69) is 49.3 Å². The molecule has 0 aliphatic heterocycles. The third-order valence-electron chi connectivity index (χ3n) is 2.46. The second kappa shape index (κ2) is 13.6. The van der Waals surface area contributed by atoms with Crippen LogP contribution in [0.4, 0.5) is 0 Å². The predicted molar refractivity (Wildman–Crippen MR) is 78.9 cm³/mol. The number of hydrogen-bond donors (Lipinski definition) is 1. The Hall–Kier alpha value is -1.44. The summed E-state index contributed by atoms with van der Waals surface area (Å²) in [4.78, 5) is 0. The minimum absolute atomic E-state index is 0.730. The molecule has 0 radical (unpaired) electrons. The van der Waals surface area contributed by atoms with Crippen molar-refractivity contribution < 1.29 is 5.11 Å². The Kier molecular flexibility index (Phi) is 12.5. The highest BCUT2D eigenvalue weighted by Gasteiger charge is 1.86. The molecule has 1 unspecified atom stereocenters. The van der Waals surface area contributed by atoms with Gasteiger partial charge in [0.25, 0.3) is 0 Å². The molecular weight excluding hydrogens is 220 g/mol. The molecule has 0 aliphatic carbocycles. The SMILES string of the molecule is C=CC(O)C#CC#CC/C=C\CCCCCCC. The molecule has 1 heteroatoms. The van der Waals surface area contributed by atoms with E-state index in [0.717, 1.165) is 12.8 Å². The normalized spacial score (nSPS) is 11.2. The third-order valence-corrected chi connectivity index (χ3v) is 2.46. The molecule has 1 N–H and O–H groups in total. The number of aliphatic hydroxyl groups excluding tert-OH is 1. The summed E-state index contributed by atoms with van der Waals surface area (Å²) in [6.45, 7) is 5.66. The van der Waals surface area contributed by atoms with Gasteiger partial charge in [0, 0.05) is 6.42 Å². The van der Waals surface area contributed by atoms with Gasteiger partial charge in [0.15, 0.2) is 0 Å². The number of rotatable bonds is 8. The highest BCUT2D eigenvalue weighted by Crippen LogP contribution is 2.05. The van der Waals surface area contributed by atoms with Crippen molar-refractivity contribution in [2.45, 2.75) is 58.0 Å². The maximum Gasteiger partial charge on any atom is 0.134 e. The second-order valence-electron chi connectivity index (χ2n) is 4.13. The summed E-state index contributed by atoms with van der Waals surface area (Å²) in [5.41, 5.74) is 0. The number of hydrogen-bond acceptors (Lipinski definition) is 1. The van der Waals surface area contributed by atoms with Crippen molar-refractivity contribution in [1.29, 1.82) is 0 Å². The fraction of sp³-hybridized carbons (Fsp3) is 0.529. The van der Waals surface area contributed by atoms with Crippen LogP contribution in [0.15, 0.2) is 24.8 Å². The van der Waals surface area contributed by atoms with Gasteiger partial charge in [-0.1, -0.05) is 69.3 Å². The van der Waals surface area contributed by atoms with Gasteiger partial charge in [0.05, 0.1) is 0 Å². The van der Waals surface area contributed by atoms with Crippen molar-refractivity contribution >= 4 is 0 Å². The van der Waals surface area contributed by atoms with Gasteiger partial charge in [-0.25, -0.2) is 0 Å². The molecule has 0 rings (SSSR count). The summed E-state index contributed by atoms with van der Waals surface area (Å²) in [6, 6.07) is 0. The van der Waals surface area contributed by atoms with Crippen LogP contribution >= 0.6 is 0 Å². The summed E-state index contributed by atoms with van der Waals surface area (Å²) < 4.78 is 0. The molecule has 0 aromatic carbocycles. The number of aliphatic hydroxyl groups is 1. The van der Waals surface area contributed by atoms with Crippen molar-refractivity contribution in [2.75, 3.05) is 0 Å². The summed E-state index contributed by atoms with van der Waals surface area (Å²) in [5.74, 6) is 10.8. The van der Waals surface area contributed by atoms with Crippen LogP contribution in [0.3, 0.4) is 0 Å². The van der Waals surface area contributed by atoms with Crippen LogP contribution in [0, 0.1) is 23.7 Å². The van der Waals surface area contributed by atoms with E-state index in [4.69, 9.17) is 5.11 Å². The van der Waals surface area contributed by atoms with Crippen molar-refractivity contribution in [3.05, 3.63) is 24.8 Å². The quantitative estimate of drug-likeness (QED) is 0.391. The summed E-state index contributed by atoms with van der Waals surface area (Å²) in [6.07, 6.45) is 13.4. The van der Waals surface area contributed by atoms with Gasteiger partial charge in [0.2, 0.25) is 0 Å². The van der Waals surface area contributed by atoms with E-state index in [9.17, 15) is 0 Å². The minimum atomic E-state index is -0.766. The molecule has 0 fully saturated rings. The van der Waals surface area contributed by atoms with Gasteiger partial charge < -0.3 is 5.11 Å². The van der Waals surface area contributed by atoms with Crippen LogP contribution in [0.1, 0.15) is 51.9 Å². The summed E-state index contributed by atoms with van der Waals surface area (Å²) in [7, 11) is 0. The third kappa shape index (κ3) is 12.6. The highest BCUT2D eigenvalue weighted by molar-refractivity contribution is 5.29. The first kappa shape index (κ1) is 16.6. The summed E-state index contributed by atoms with van der Waals surface area (Å²) >= 11 is 0. The average molecular weight is 244 g/mol. The molecule has 0 aromatic rings. The molecule has 18 heavy (non-hydrogen) atoms. The molecule has 0 saturated heterocycles. The largest absolute Gasteiger partial charge is 0.377 e. The first-order chi connectivity index (χ1) is 8.81. The predicted octanol–water partition coefficient (Wildman–Crippen LogP) is 3.85. The van der Waals surface area contributed by atoms with Crippen LogP contribution in [0.25, 0.3) is 0 Å². The standard InChI is InChI=1S/C17H24O/c1-3-5-6-7-8-9-10-11-12-13-14-15-16-17(18)4-2/h4,10-11,17-18H,2-3,5-9,12H2,1H3/b11-10-. The van der Waals surface area contributed by atoms with Gasteiger partial charge in [-0.05, 0) is 24.7 Å². The lowest BCUT2D eigenvalue weighted by atomic mass is 10.1. The van der Waals surface area contributed by atoms with Gasteiger partial charge in [-0.15, -0.1) is 0 Å². The Morgan fingerprint density at radius 3 is 2.61 bits per heavy atom. The first-order valence-corrected chi connectivity index (χ1v) is 6.75. The Bertz CT molecular complexity index is 343. The van der Waals surface area contributed by atoms with Crippen LogP contribution < -0.4 is 0 Å². The smallest absolute Gasteiger partial charge is 0.134 e. The van der Waals surface area contributed by atoms with Crippen LogP contribution in [-0.2, 0) is 0 Å². The monoisotopic (exact) mass is 244 g/mol. The van der Waals surface area contributed by atoms with Crippen molar-refractivity contribution in [1.82, 2.24) is 0 Å². The van der Waals surface area contributed by atoms with Gasteiger partial charge >= 0.3 is 0 Å². The van der Waals surface area contributed by atoms with Crippen LogP contribution in [0.2, 0.25) is 0 Å². The molecule has 98 valence electrons. The first-order valence-electron chi connectivity index (χ1n) is 6.75. The van der Waals surface area contributed by atoms with Gasteiger partial charge in [0.1, 0.15) is 6.10 Å². The van der Waals surface area contributed by atoms with Crippen molar-refractivity contribution in [3.8, 4) is 23.7 Å². The molecule has 1 atom stereocenters. The van der Waals surface area contributed by atoms with E-state index in [1.165, 1.54) is 38.2 Å². The van der Waals surface area contributed by atoms with E-state index in [1.807, 2.05) is 0 Å².